The summed E-state index contributed by atoms with van der Waals surface area (Å²) in [6, 6.07) is 0. The topological polar surface area (TPSA) is 12.5 Å². The fraction of sp³-hybridized carbons (Fsp3) is 1.00. The summed E-state index contributed by atoms with van der Waals surface area (Å²) in [4.78, 5) is 0. The number of ether oxygens (including phenoxy) is 1. The van der Waals surface area contributed by atoms with Crippen molar-refractivity contribution in [2.75, 3.05) is 0 Å². The van der Waals surface area contributed by atoms with E-state index < -0.39 is 13.4 Å². The van der Waals surface area contributed by atoms with Gasteiger partial charge in [-0.25, -0.2) is 0 Å². The lowest BCUT2D eigenvalue weighted by Gasteiger charge is -2.13. The predicted molar refractivity (Wildman–Crippen MR) is 44.4 cm³/mol. The van der Waals surface area contributed by atoms with Crippen LogP contribution in [0.5, 0.6) is 0 Å². The molecule has 10 heavy (non-hydrogen) atoms. The van der Waals surface area contributed by atoms with Crippen LogP contribution in [-0.4, -0.2) is 13.4 Å². The smallest absolute Gasteiger partial charge is 0.268 e. The maximum Gasteiger partial charge on any atom is 0.268 e. The predicted octanol–water partition coefficient (Wildman–Crippen LogP) is 3.45. The molecule has 1 rings (SSSR count). The van der Waals surface area contributed by atoms with Gasteiger partial charge in [-0.3, -0.25) is 0 Å². The lowest BCUT2D eigenvalue weighted by atomic mass is 10.5. The van der Waals surface area contributed by atoms with Crippen molar-refractivity contribution in [2.45, 2.75) is 13.4 Å². The molecule has 1 aliphatic rings. The highest BCUT2D eigenvalue weighted by Crippen LogP contribution is 2.67. The molecule has 1 atom stereocenters. The Morgan fingerprint density at radius 3 is 1.30 bits per heavy atom. The molecule has 1 nitrogen and oxygen atoms in total. The van der Waals surface area contributed by atoms with Crippen LogP contribution in [0.1, 0.15) is 0 Å². The summed E-state index contributed by atoms with van der Waals surface area (Å²) in [6.45, 7) is 0. The third-order valence-corrected chi connectivity index (χ3v) is 3.56. The van der Waals surface area contributed by atoms with Gasteiger partial charge in [0.15, 0.2) is 0 Å². The van der Waals surface area contributed by atoms with Crippen LogP contribution in [-0.2, 0) is 4.74 Å². The molecule has 60 valence electrons. The van der Waals surface area contributed by atoms with Crippen LogP contribution in [0, 0.1) is 0 Å². The summed E-state index contributed by atoms with van der Waals surface area (Å²) < 4.78 is 1.14. The molecule has 0 aromatic heterocycles. The van der Waals surface area contributed by atoms with Gasteiger partial charge in [0.1, 0.15) is 0 Å². The molecule has 1 unspecified atom stereocenters. The van der Waals surface area contributed by atoms with Crippen molar-refractivity contribution < 1.29 is 4.74 Å². The number of rotatable bonds is 0. The Morgan fingerprint density at radius 2 is 1.30 bits per heavy atom. The summed E-state index contributed by atoms with van der Waals surface area (Å²) in [6.07, 6.45) is 0. The Bertz CT molecular complexity index is 161. The minimum atomic E-state index is -1.82. The van der Waals surface area contributed by atoms with E-state index in [2.05, 4.69) is 4.74 Å². The molecule has 0 saturated carbocycles. The minimum absolute atomic E-state index is 1.60. The molecule has 0 aromatic carbocycles. The fourth-order valence-corrected chi connectivity index (χ4v) is 1.89. The Balaban J connectivity index is 2.78. The van der Waals surface area contributed by atoms with Crippen LogP contribution < -0.4 is 0 Å². The van der Waals surface area contributed by atoms with E-state index in [1.165, 1.54) is 0 Å². The SMILES string of the molecule is ClC(Cl)(Cl)C1(Cl)OC1(Cl)Cl. The zero-order chi connectivity index (χ0) is 8.21. The van der Waals surface area contributed by atoms with Crippen molar-refractivity contribution in [1.82, 2.24) is 0 Å². The molecule has 0 amide bonds. The molecule has 0 aromatic rings. The first kappa shape index (κ1) is 9.79. The van der Waals surface area contributed by atoms with Crippen molar-refractivity contribution in [3.05, 3.63) is 0 Å². The van der Waals surface area contributed by atoms with Gasteiger partial charge in [-0.05, 0) is 0 Å². The zero-order valence-corrected chi connectivity index (χ0v) is 8.71. The van der Waals surface area contributed by atoms with Gasteiger partial charge in [0.25, 0.3) is 4.52 Å². The summed E-state index contributed by atoms with van der Waals surface area (Å²) in [5.74, 6) is 0. The molecule has 1 saturated heterocycles. The summed E-state index contributed by atoms with van der Waals surface area (Å²) >= 11 is 32.4. The van der Waals surface area contributed by atoms with Crippen molar-refractivity contribution in [3.8, 4) is 0 Å². The molecule has 1 aliphatic heterocycles. The number of hydrogen-bond donors (Lipinski definition) is 0. The van der Waals surface area contributed by atoms with Crippen LogP contribution in [0.15, 0.2) is 0 Å². The average molecular weight is 265 g/mol. The molecule has 1 fully saturated rings. The molecule has 0 N–H and O–H groups in total. The molecule has 1 heterocycles. The van der Waals surface area contributed by atoms with Crippen LogP contribution in [0.4, 0.5) is 0 Å². The van der Waals surface area contributed by atoms with E-state index in [-0.39, 0.29) is 0 Å². The van der Waals surface area contributed by atoms with Crippen molar-refractivity contribution in [2.24, 2.45) is 0 Å². The molecule has 0 spiro atoms. The van der Waals surface area contributed by atoms with Crippen LogP contribution in [0.25, 0.3) is 0 Å². The number of alkyl halides is 6. The monoisotopic (exact) mass is 262 g/mol. The van der Waals surface area contributed by atoms with E-state index in [1.54, 1.807) is 0 Å². The van der Waals surface area contributed by atoms with Gasteiger partial charge >= 0.3 is 0 Å². The highest BCUT2D eigenvalue weighted by molar-refractivity contribution is 6.73. The van der Waals surface area contributed by atoms with E-state index in [9.17, 15) is 0 Å². The summed E-state index contributed by atoms with van der Waals surface area (Å²) in [7, 11) is 0. The first-order valence-electron chi connectivity index (χ1n) is 2.04. The Hall–Kier alpha value is 1.70. The fourth-order valence-electron chi connectivity index (χ4n) is 0.374. The normalized spacial score (nSPS) is 37.8. The van der Waals surface area contributed by atoms with E-state index in [0.29, 0.717) is 0 Å². The standard InChI is InChI=1S/C3Cl6O/c4-1(2(5,6)7)3(8,9)10-1. The van der Waals surface area contributed by atoms with Crippen molar-refractivity contribution >= 4 is 69.6 Å². The summed E-state index contributed by atoms with van der Waals surface area (Å²) in [5.41, 5.74) is 0. The lowest BCUT2D eigenvalue weighted by Crippen LogP contribution is -2.27. The average Bonchev–Trinajstić information content (AvgIpc) is 2.05. The quantitative estimate of drug-likeness (QED) is 0.482. The Labute approximate surface area is 87.4 Å². The third kappa shape index (κ3) is 1.31. The molecule has 7 heteroatoms. The van der Waals surface area contributed by atoms with Gasteiger partial charge in [-0.1, -0.05) is 69.6 Å². The second kappa shape index (κ2) is 2.35. The summed E-state index contributed by atoms with van der Waals surface area (Å²) in [5, 5.41) is -1.62. The molecule has 0 aliphatic carbocycles. The van der Waals surface area contributed by atoms with Gasteiger partial charge in [0, 0.05) is 0 Å². The molecule has 0 bridgehead atoms. The van der Waals surface area contributed by atoms with Crippen LogP contribution in [0.3, 0.4) is 0 Å². The van der Waals surface area contributed by atoms with E-state index in [0.717, 1.165) is 0 Å². The number of halogens is 6. The van der Waals surface area contributed by atoms with E-state index in [4.69, 9.17) is 69.6 Å². The first-order chi connectivity index (χ1) is 4.21. The highest BCUT2D eigenvalue weighted by Gasteiger charge is 2.78. The van der Waals surface area contributed by atoms with Gasteiger partial charge in [-0.15, -0.1) is 0 Å². The maximum atomic E-state index is 5.53. The first-order valence-corrected chi connectivity index (χ1v) is 4.31. The van der Waals surface area contributed by atoms with Gasteiger partial charge in [-0.2, -0.15) is 0 Å². The molecule has 0 radical (unpaired) electrons. The van der Waals surface area contributed by atoms with Crippen LogP contribution in [0.2, 0.25) is 0 Å². The lowest BCUT2D eigenvalue weighted by molar-refractivity contribution is 0.365. The highest BCUT2D eigenvalue weighted by atomic mass is 35.6. The number of epoxide rings is 1. The molecular formula is C3Cl6O. The second-order valence-electron chi connectivity index (χ2n) is 1.71. The number of hydrogen-bond acceptors (Lipinski definition) is 1. The zero-order valence-electron chi connectivity index (χ0n) is 4.18. The van der Waals surface area contributed by atoms with Gasteiger partial charge < -0.3 is 4.74 Å². The van der Waals surface area contributed by atoms with E-state index in [1.807, 2.05) is 0 Å². The van der Waals surface area contributed by atoms with Gasteiger partial charge in [0.2, 0.25) is 8.85 Å². The Kier molecular flexibility index (Phi) is 2.30. The van der Waals surface area contributed by atoms with E-state index >= 15 is 0 Å². The van der Waals surface area contributed by atoms with Crippen molar-refractivity contribution in [3.63, 3.8) is 0 Å². The van der Waals surface area contributed by atoms with Crippen LogP contribution >= 0.6 is 69.6 Å². The Morgan fingerprint density at radius 1 is 1.00 bits per heavy atom. The second-order valence-corrected chi connectivity index (χ2v) is 5.78. The van der Waals surface area contributed by atoms with Gasteiger partial charge in [0.05, 0.1) is 0 Å². The molecular weight excluding hydrogens is 265 g/mol. The third-order valence-electron chi connectivity index (χ3n) is 0.966. The largest absolute Gasteiger partial charge is 0.311 e. The maximum absolute atomic E-state index is 5.53. The van der Waals surface area contributed by atoms with Crippen molar-refractivity contribution in [1.29, 1.82) is 0 Å². The minimum Gasteiger partial charge on any atom is -0.311 e.